The molecule has 2 amide bonds. The van der Waals surface area contributed by atoms with Crippen molar-refractivity contribution in [1.29, 1.82) is 0 Å². The summed E-state index contributed by atoms with van der Waals surface area (Å²) in [6.45, 7) is 5.93. The zero-order valence-corrected chi connectivity index (χ0v) is 11.4. The van der Waals surface area contributed by atoms with Crippen molar-refractivity contribution in [2.45, 2.75) is 19.4 Å². The number of carbonyl (C=O) groups excluding carboxylic acids is 2. The quantitative estimate of drug-likeness (QED) is 0.503. The Bertz CT molecular complexity index is 289. The van der Waals surface area contributed by atoms with E-state index in [-0.39, 0.29) is 12.6 Å². The van der Waals surface area contributed by atoms with Crippen molar-refractivity contribution < 1.29 is 19.4 Å². The van der Waals surface area contributed by atoms with Gasteiger partial charge in [-0.3, -0.25) is 14.5 Å². The number of hydrogen-bond donors (Lipinski definition) is 3. The van der Waals surface area contributed by atoms with Gasteiger partial charge in [-0.2, -0.15) is 0 Å². The largest absolute Gasteiger partial charge is 0.394 e. The molecule has 1 fully saturated rings. The number of nitrogens with zero attached hydrogens (tertiary/aromatic N) is 1. The summed E-state index contributed by atoms with van der Waals surface area (Å²) >= 11 is 0. The molecule has 1 aliphatic heterocycles. The Hall–Kier alpha value is -1.18. The Morgan fingerprint density at radius 2 is 2.00 bits per heavy atom. The third kappa shape index (κ3) is 6.00. The minimum Gasteiger partial charge on any atom is -0.394 e. The van der Waals surface area contributed by atoms with E-state index >= 15 is 0 Å². The fourth-order valence-electron chi connectivity index (χ4n) is 1.76. The van der Waals surface area contributed by atoms with Crippen LogP contribution in [0.25, 0.3) is 0 Å². The van der Waals surface area contributed by atoms with Crippen LogP contribution >= 0.6 is 0 Å². The van der Waals surface area contributed by atoms with Crippen LogP contribution in [-0.2, 0) is 14.3 Å². The molecule has 1 heterocycles. The minimum absolute atomic E-state index is 0.163. The van der Waals surface area contributed by atoms with Gasteiger partial charge >= 0.3 is 11.8 Å². The molecule has 7 nitrogen and oxygen atoms in total. The van der Waals surface area contributed by atoms with Crippen molar-refractivity contribution in [2.24, 2.45) is 0 Å². The number of rotatable bonds is 6. The molecule has 1 aliphatic rings. The number of aliphatic hydroxyl groups is 1. The molecule has 0 saturated carbocycles. The molecule has 1 atom stereocenters. The fraction of sp³-hybridized carbons (Fsp3) is 0.833. The second-order valence-electron chi connectivity index (χ2n) is 4.47. The summed E-state index contributed by atoms with van der Waals surface area (Å²) in [7, 11) is 0. The monoisotopic (exact) mass is 273 g/mol. The Balaban J connectivity index is 2.17. The van der Waals surface area contributed by atoms with Crippen LogP contribution in [0.4, 0.5) is 0 Å². The lowest BCUT2D eigenvalue weighted by atomic mass is 10.2. The summed E-state index contributed by atoms with van der Waals surface area (Å²) in [5, 5.41) is 14.0. The van der Waals surface area contributed by atoms with Gasteiger partial charge in [-0.15, -0.1) is 0 Å². The number of nitrogens with one attached hydrogen (secondary N) is 2. The van der Waals surface area contributed by atoms with E-state index in [1.54, 1.807) is 0 Å². The molecule has 0 aromatic rings. The predicted molar refractivity (Wildman–Crippen MR) is 69.6 cm³/mol. The molecule has 7 heteroatoms. The average Bonchev–Trinajstić information content (AvgIpc) is 2.45. The molecule has 19 heavy (non-hydrogen) atoms. The number of morpholine rings is 1. The van der Waals surface area contributed by atoms with Crippen LogP contribution in [0.2, 0.25) is 0 Å². The van der Waals surface area contributed by atoms with Crippen molar-refractivity contribution in [1.82, 2.24) is 15.5 Å². The zero-order valence-electron chi connectivity index (χ0n) is 11.4. The first-order chi connectivity index (χ1) is 9.17. The third-order valence-electron chi connectivity index (χ3n) is 3.07. The molecule has 0 spiro atoms. The Morgan fingerprint density at radius 1 is 1.32 bits per heavy atom. The minimum atomic E-state index is -0.692. The van der Waals surface area contributed by atoms with Gasteiger partial charge in [-0.25, -0.2) is 0 Å². The molecular weight excluding hydrogens is 250 g/mol. The maximum absolute atomic E-state index is 11.5. The topological polar surface area (TPSA) is 90.9 Å². The summed E-state index contributed by atoms with van der Waals surface area (Å²) in [6.07, 6.45) is 0.587. The molecule has 0 aliphatic carbocycles. The average molecular weight is 273 g/mol. The SMILES string of the molecule is CC[C@H](CO)NC(=O)C(=O)NCCN1CCOCC1. The van der Waals surface area contributed by atoms with Crippen molar-refractivity contribution in [2.75, 3.05) is 46.0 Å². The van der Waals surface area contributed by atoms with E-state index in [9.17, 15) is 9.59 Å². The van der Waals surface area contributed by atoms with Gasteiger partial charge in [0.15, 0.2) is 0 Å². The summed E-state index contributed by atoms with van der Waals surface area (Å²) in [4.78, 5) is 25.2. The summed E-state index contributed by atoms with van der Waals surface area (Å²) in [5.74, 6) is -1.34. The lowest BCUT2D eigenvalue weighted by molar-refractivity contribution is -0.139. The second-order valence-corrected chi connectivity index (χ2v) is 4.47. The number of amides is 2. The highest BCUT2D eigenvalue weighted by Crippen LogP contribution is 1.94. The van der Waals surface area contributed by atoms with Crippen LogP contribution < -0.4 is 10.6 Å². The molecule has 0 aromatic heterocycles. The normalized spacial score (nSPS) is 17.8. The van der Waals surface area contributed by atoms with Crippen LogP contribution in [0.15, 0.2) is 0 Å². The molecule has 0 aromatic carbocycles. The predicted octanol–water partition coefficient (Wildman–Crippen LogP) is -1.68. The van der Waals surface area contributed by atoms with Gasteiger partial charge in [-0.05, 0) is 6.42 Å². The summed E-state index contributed by atoms with van der Waals surface area (Å²) in [5.41, 5.74) is 0. The highest BCUT2D eigenvalue weighted by Gasteiger charge is 2.17. The van der Waals surface area contributed by atoms with Gasteiger partial charge in [0.05, 0.1) is 25.9 Å². The first-order valence-electron chi connectivity index (χ1n) is 6.67. The number of ether oxygens (including phenoxy) is 1. The van der Waals surface area contributed by atoms with E-state index in [0.29, 0.717) is 32.7 Å². The van der Waals surface area contributed by atoms with E-state index < -0.39 is 11.8 Å². The van der Waals surface area contributed by atoms with E-state index in [2.05, 4.69) is 15.5 Å². The number of aliphatic hydroxyl groups excluding tert-OH is 1. The van der Waals surface area contributed by atoms with Gasteiger partial charge < -0.3 is 20.5 Å². The van der Waals surface area contributed by atoms with Crippen molar-refractivity contribution in [3.05, 3.63) is 0 Å². The summed E-state index contributed by atoms with van der Waals surface area (Å²) < 4.78 is 5.22. The highest BCUT2D eigenvalue weighted by atomic mass is 16.5. The second kappa shape index (κ2) is 8.84. The number of hydrogen-bond acceptors (Lipinski definition) is 5. The van der Waals surface area contributed by atoms with Gasteiger partial charge in [-0.1, -0.05) is 6.92 Å². The Labute approximate surface area is 113 Å². The van der Waals surface area contributed by atoms with Gasteiger partial charge in [0.2, 0.25) is 0 Å². The maximum Gasteiger partial charge on any atom is 0.309 e. The smallest absolute Gasteiger partial charge is 0.309 e. The fourth-order valence-corrected chi connectivity index (χ4v) is 1.76. The first-order valence-corrected chi connectivity index (χ1v) is 6.67. The van der Waals surface area contributed by atoms with Gasteiger partial charge in [0.25, 0.3) is 0 Å². The lowest BCUT2D eigenvalue weighted by Crippen LogP contribution is -2.48. The van der Waals surface area contributed by atoms with Gasteiger partial charge in [0.1, 0.15) is 0 Å². The zero-order chi connectivity index (χ0) is 14.1. The molecule has 3 N–H and O–H groups in total. The van der Waals surface area contributed by atoms with Crippen LogP contribution in [0.5, 0.6) is 0 Å². The number of carbonyl (C=O) groups is 2. The van der Waals surface area contributed by atoms with Crippen molar-refractivity contribution in [3.63, 3.8) is 0 Å². The Kier molecular flexibility index (Phi) is 7.39. The van der Waals surface area contributed by atoms with Crippen molar-refractivity contribution >= 4 is 11.8 Å². The standard InChI is InChI=1S/C12H23N3O4/c1-2-10(9-16)14-12(18)11(17)13-3-4-15-5-7-19-8-6-15/h10,16H,2-9H2,1H3,(H,13,17)(H,14,18)/t10-/m1/s1. The van der Waals surface area contributed by atoms with Crippen LogP contribution in [0.3, 0.4) is 0 Å². The Morgan fingerprint density at radius 3 is 2.58 bits per heavy atom. The molecule has 0 unspecified atom stereocenters. The first kappa shape index (κ1) is 15.9. The van der Waals surface area contributed by atoms with E-state index in [1.807, 2.05) is 6.92 Å². The third-order valence-corrected chi connectivity index (χ3v) is 3.07. The van der Waals surface area contributed by atoms with Crippen LogP contribution in [0.1, 0.15) is 13.3 Å². The molecule has 0 radical (unpaired) electrons. The van der Waals surface area contributed by atoms with Crippen LogP contribution in [-0.4, -0.2) is 73.9 Å². The van der Waals surface area contributed by atoms with E-state index in [4.69, 9.17) is 9.84 Å². The molecule has 110 valence electrons. The molecule has 0 bridgehead atoms. The highest BCUT2D eigenvalue weighted by molar-refractivity contribution is 6.35. The van der Waals surface area contributed by atoms with E-state index in [0.717, 1.165) is 13.1 Å². The van der Waals surface area contributed by atoms with Gasteiger partial charge in [0, 0.05) is 26.2 Å². The van der Waals surface area contributed by atoms with E-state index in [1.165, 1.54) is 0 Å². The lowest BCUT2D eigenvalue weighted by Gasteiger charge is -2.26. The van der Waals surface area contributed by atoms with Crippen LogP contribution in [0, 0.1) is 0 Å². The van der Waals surface area contributed by atoms with Crippen molar-refractivity contribution in [3.8, 4) is 0 Å². The maximum atomic E-state index is 11.5. The summed E-state index contributed by atoms with van der Waals surface area (Å²) in [6, 6.07) is -0.363. The molecule has 1 rings (SSSR count). The molecular formula is C12H23N3O4. The molecule has 1 saturated heterocycles.